The minimum atomic E-state index is -0.538. The SMILES string of the molecule is CC1Oc2cc(I)ccc2N(Cc2cccc(F)c2)C1=O. The zero-order valence-corrected chi connectivity index (χ0v) is 13.5. The predicted octanol–water partition coefficient (Wildman–Crippen LogP) is 3.74. The molecule has 0 radical (unpaired) electrons. The maximum absolute atomic E-state index is 13.3. The number of fused-ring (bicyclic) bond motifs is 1. The van der Waals surface area contributed by atoms with E-state index in [0.717, 1.165) is 14.8 Å². The standard InChI is InChI=1S/C16H13FINO2/c1-10-16(20)19(9-11-3-2-4-12(17)7-11)14-6-5-13(18)8-15(14)21-10/h2-8,10H,9H2,1H3. The van der Waals surface area contributed by atoms with E-state index < -0.39 is 6.10 Å². The number of hydrogen-bond donors (Lipinski definition) is 0. The minimum Gasteiger partial charge on any atom is -0.479 e. The third-order valence-corrected chi connectivity index (χ3v) is 4.03. The van der Waals surface area contributed by atoms with Gasteiger partial charge in [-0.25, -0.2) is 4.39 Å². The van der Waals surface area contributed by atoms with E-state index in [9.17, 15) is 9.18 Å². The van der Waals surface area contributed by atoms with Crippen molar-refractivity contribution in [3.8, 4) is 5.75 Å². The van der Waals surface area contributed by atoms with Gasteiger partial charge in [-0.2, -0.15) is 0 Å². The van der Waals surface area contributed by atoms with Crippen molar-refractivity contribution < 1.29 is 13.9 Å². The summed E-state index contributed by atoms with van der Waals surface area (Å²) in [6.07, 6.45) is -0.538. The van der Waals surface area contributed by atoms with Crippen LogP contribution in [0.15, 0.2) is 42.5 Å². The van der Waals surface area contributed by atoms with E-state index in [1.165, 1.54) is 12.1 Å². The maximum atomic E-state index is 13.3. The van der Waals surface area contributed by atoms with Gasteiger partial charge in [0.15, 0.2) is 6.10 Å². The summed E-state index contributed by atoms with van der Waals surface area (Å²) >= 11 is 2.20. The molecule has 21 heavy (non-hydrogen) atoms. The van der Waals surface area contributed by atoms with Gasteiger partial charge in [-0.3, -0.25) is 4.79 Å². The molecule has 108 valence electrons. The van der Waals surface area contributed by atoms with Crippen LogP contribution < -0.4 is 9.64 Å². The zero-order chi connectivity index (χ0) is 15.0. The van der Waals surface area contributed by atoms with E-state index >= 15 is 0 Å². The average Bonchev–Trinajstić information content (AvgIpc) is 2.44. The molecule has 1 amide bonds. The summed E-state index contributed by atoms with van der Waals surface area (Å²) in [6.45, 7) is 2.06. The van der Waals surface area contributed by atoms with E-state index in [1.54, 1.807) is 17.9 Å². The van der Waals surface area contributed by atoms with Gasteiger partial charge in [0, 0.05) is 3.57 Å². The molecule has 1 unspecified atom stereocenters. The van der Waals surface area contributed by atoms with Crippen LogP contribution in [-0.2, 0) is 11.3 Å². The largest absolute Gasteiger partial charge is 0.479 e. The second kappa shape index (κ2) is 5.63. The lowest BCUT2D eigenvalue weighted by Crippen LogP contribution is -2.44. The van der Waals surface area contributed by atoms with Crippen molar-refractivity contribution in [2.45, 2.75) is 19.6 Å². The molecule has 5 heteroatoms. The monoisotopic (exact) mass is 397 g/mol. The summed E-state index contributed by atoms with van der Waals surface area (Å²) in [5.41, 5.74) is 1.48. The lowest BCUT2D eigenvalue weighted by Gasteiger charge is -2.33. The molecule has 0 spiro atoms. The van der Waals surface area contributed by atoms with Crippen molar-refractivity contribution in [3.63, 3.8) is 0 Å². The van der Waals surface area contributed by atoms with Crippen molar-refractivity contribution in [3.05, 3.63) is 57.4 Å². The topological polar surface area (TPSA) is 29.5 Å². The lowest BCUT2D eigenvalue weighted by molar-refractivity contribution is -0.125. The molecule has 0 aliphatic carbocycles. The maximum Gasteiger partial charge on any atom is 0.268 e. The highest BCUT2D eigenvalue weighted by Gasteiger charge is 2.31. The number of carbonyl (C=O) groups excluding carboxylic acids is 1. The first-order valence-electron chi connectivity index (χ1n) is 6.56. The van der Waals surface area contributed by atoms with Crippen molar-refractivity contribution in [2.24, 2.45) is 0 Å². The second-order valence-corrected chi connectivity index (χ2v) is 6.17. The molecule has 1 heterocycles. The number of rotatable bonds is 2. The van der Waals surface area contributed by atoms with Crippen LogP contribution in [0.2, 0.25) is 0 Å². The van der Waals surface area contributed by atoms with E-state index in [-0.39, 0.29) is 11.7 Å². The van der Waals surface area contributed by atoms with Crippen molar-refractivity contribution in [1.82, 2.24) is 0 Å². The summed E-state index contributed by atoms with van der Waals surface area (Å²) in [6, 6.07) is 12.0. The van der Waals surface area contributed by atoms with Gasteiger partial charge in [-0.15, -0.1) is 0 Å². The number of carbonyl (C=O) groups is 1. The summed E-state index contributed by atoms with van der Waals surface area (Å²) in [5, 5.41) is 0. The molecular weight excluding hydrogens is 384 g/mol. The zero-order valence-electron chi connectivity index (χ0n) is 11.3. The normalized spacial score (nSPS) is 17.4. The van der Waals surface area contributed by atoms with Crippen molar-refractivity contribution in [2.75, 3.05) is 4.90 Å². The Morgan fingerprint density at radius 3 is 2.86 bits per heavy atom. The Balaban J connectivity index is 1.99. The number of halogens is 2. The number of hydrogen-bond acceptors (Lipinski definition) is 2. The third-order valence-electron chi connectivity index (χ3n) is 3.36. The van der Waals surface area contributed by atoms with E-state index in [0.29, 0.717) is 12.3 Å². The van der Waals surface area contributed by atoms with Gasteiger partial charge in [0.2, 0.25) is 0 Å². The number of anilines is 1. The summed E-state index contributed by atoms with van der Waals surface area (Å²) in [7, 11) is 0. The molecule has 3 rings (SSSR count). The number of nitrogens with zero attached hydrogens (tertiary/aromatic N) is 1. The van der Waals surface area contributed by atoms with Gasteiger partial charge >= 0.3 is 0 Å². The van der Waals surface area contributed by atoms with Gasteiger partial charge < -0.3 is 9.64 Å². The van der Waals surface area contributed by atoms with Crippen LogP contribution in [0.3, 0.4) is 0 Å². The molecule has 2 aromatic carbocycles. The molecule has 2 aromatic rings. The Morgan fingerprint density at radius 1 is 1.29 bits per heavy atom. The molecule has 1 atom stereocenters. The van der Waals surface area contributed by atoms with Crippen LogP contribution in [-0.4, -0.2) is 12.0 Å². The Kier molecular flexibility index (Phi) is 3.84. The lowest BCUT2D eigenvalue weighted by atomic mass is 10.1. The number of amides is 1. The molecule has 0 saturated heterocycles. The van der Waals surface area contributed by atoms with E-state index in [2.05, 4.69) is 22.6 Å². The Morgan fingerprint density at radius 2 is 2.10 bits per heavy atom. The fraction of sp³-hybridized carbons (Fsp3) is 0.188. The van der Waals surface area contributed by atoms with Crippen LogP contribution in [0.1, 0.15) is 12.5 Å². The highest BCUT2D eigenvalue weighted by Crippen LogP contribution is 2.36. The fourth-order valence-electron chi connectivity index (χ4n) is 2.37. The van der Waals surface area contributed by atoms with Gasteiger partial charge in [0.05, 0.1) is 12.2 Å². The number of ether oxygens (including phenoxy) is 1. The molecule has 0 saturated carbocycles. The molecule has 1 aliphatic rings. The molecule has 1 aliphatic heterocycles. The summed E-state index contributed by atoms with van der Waals surface area (Å²) < 4.78 is 20.0. The van der Waals surface area contributed by atoms with E-state index in [4.69, 9.17) is 4.74 Å². The van der Waals surface area contributed by atoms with Gasteiger partial charge in [-0.05, 0) is 65.4 Å². The fourth-order valence-corrected chi connectivity index (χ4v) is 2.83. The minimum absolute atomic E-state index is 0.118. The quantitative estimate of drug-likeness (QED) is 0.723. The molecule has 0 N–H and O–H groups in total. The highest BCUT2D eigenvalue weighted by atomic mass is 127. The van der Waals surface area contributed by atoms with Crippen LogP contribution >= 0.6 is 22.6 Å². The molecule has 3 nitrogen and oxygen atoms in total. The third kappa shape index (κ3) is 2.88. The predicted molar refractivity (Wildman–Crippen MR) is 86.8 cm³/mol. The first kappa shape index (κ1) is 14.3. The number of benzene rings is 2. The van der Waals surface area contributed by atoms with Crippen LogP contribution in [0.4, 0.5) is 10.1 Å². The molecule has 0 bridgehead atoms. The van der Waals surface area contributed by atoms with Crippen LogP contribution in [0.25, 0.3) is 0 Å². The molecule has 0 fully saturated rings. The first-order valence-corrected chi connectivity index (χ1v) is 7.64. The average molecular weight is 397 g/mol. The Bertz CT molecular complexity index is 704. The highest BCUT2D eigenvalue weighted by molar-refractivity contribution is 14.1. The Hall–Kier alpha value is -1.63. The summed E-state index contributed by atoms with van der Waals surface area (Å²) in [5.74, 6) is 0.266. The van der Waals surface area contributed by atoms with Crippen LogP contribution in [0.5, 0.6) is 5.75 Å². The smallest absolute Gasteiger partial charge is 0.268 e. The molecular formula is C16H13FINO2. The molecule has 0 aromatic heterocycles. The van der Waals surface area contributed by atoms with Crippen molar-refractivity contribution in [1.29, 1.82) is 0 Å². The Labute approximate surface area is 135 Å². The van der Waals surface area contributed by atoms with Gasteiger partial charge in [0.1, 0.15) is 11.6 Å². The summed E-state index contributed by atoms with van der Waals surface area (Å²) in [4.78, 5) is 14.0. The van der Waals surface area contributed by atoms with Crippen LogP contribution in [0, 0.1) is 9.39 Å². The first-order chi connectivity index (χ1) is 10.0. The van der Waals surface area contributed by atoms with Gasteiger partial charge in [0.25, 0.3) is 5.91 Å². The van der Waals surface area contributed by atoms with E-state index in [1.807, 2.05) is 24.3 Å². The van der Waals surface area contributed by atoms with Crippen molar-refractivity contribution >= 4 is 34.2 Å². The van der Waals surface area contributed by atoms with Gasteiger partial charge in [-0.1, -0.05) is 12.1 Å². The second-order valence-electron chi connectivity index (χ2n) is 4.93.